The third-order valence-corrected chi connectivity index (χ3v) is 5.53. The Labute approximate surface area is 180 Å². The lowest BCUT2D eigenvalue weighted by Gasteiger charge is -2.25. The van der Waals surface area contributed by atoms with Crippen LogP contribution >= 0.6 is 0 Å². The van der Waals surface area contributed by atoms with Crippen molar-refractivity contribution in [1.29, 1.82) is 0 Å². The highest BCUT2D eigenvalue weighted by atomic mass is 19.1. The molecule has 1 unspecified atom stereocenters. The van der Waals surface area contributed by atoms with Crippen molar-refractivity contribution in [3.05, 3.63) is 115 Å². The van der Waals surface area contributed by atoms with Gasteiger partial charge in [0.15, 0.2) is 5.43 Å². The van der Waals surface area contributed by atoms with E-state index in [2.05, 4.69) is 0 Å². The highest BCUT2D eigenvalue weighted by Crippen LogP contribution is 2.41. The number of anilines is 1. The molecule has 3 aromatic carbocycles. The molecule has 7 nitrogen and oxygen atoms in total. The van der Waals surface area contributed by atoms with Crippen LogP contribution in [0.2, 0.25) is 0 Å². The predicted octanol–water partition coefficient (Wildman–Crippen LogP) is 4.90. The maximum atomic E-state index is 13.5. The molecular weight excluding hydrogens is 415 g/mol. The van der Waals surface area contributed by atoms with Crippen LogP contribution in [0.4, 0.5) is 15.8 Å². The van der Waals surface area contributed by atoms with Crippen LogP contribution in [0.5, 0.6) is 0 Å². The zero-order chi connectivity index (χ0) is 22.6. The van der Waals surface area contributed by atoms with Crippen molar-refractivity contribution in [1.82, 2.24) is 0 Å². The van der Waals surface area contributed by atoms with Crippen molar-refractivity contribution in [3.63, 3.8) is 0 Å². The molecule has 1 aliphatic rings. The first-order valence-corrected chi connectivity index (χ1v) is 9.76. The Hall–Kier alpha value is -4.33. The molecule has 5 rings (SSSR count). The average molecular weight is 430 g/mol. The lowest BCUT2D eigenvalue weighted by molar-refractivity contribution is -0.384. The van der Waals surface area contributed by atoms with Crippen molar-refractivity contribution in [2.75, 3.05) is 4.90 Å². The van der Waals surface area contributed by atoms with E-state index in [1.54, 1.807) is 24.3 Å². The van der Waals surface area contributed by atoms with E-state index >= 15 is 0 Å². The summed E-state index contributed by atoms with van der Waals surface area (Å²) in [5, 5.41) is 11.7. The minimum absolute atomic E-state index is 0.0953. The van der Waals surface area contributed by atoms with Crippen molar-refractivity contribution < 1.29 is 18.5 Å². The minimum atomic E-state index is -0.968. The van der Waals surface area contributed by atoms with Crippen LogP contribution in [0.1, 0.15) is 33.3 Å². The van der Waals surface area contributed by atoms with E-state index in [4.69, 9.17) is 4.42 Å². The van der Waals surface area contributed by atoms with Gasteiger partial charge in [-0.25, -0.2) is 4.39 Å². The minimum Gasteiger partial charge on any atom is -0.450 e. The van der Waals surface area contributed by atoms with Crippen LogP contribution in [-0.2, 0) is 0 Å². The van der Waals surface area contributed by atoms with E-state index in [0.29, 0.717) is 16.6 Å². The molecule has 0 aliphatic carbocycles. The molecule has 0 saturated heterocycles. The summed E-state index contributed by atoms with van der Waals surface area (Å²) < 4.78 is 19.4. The molecule has 2 heterocycles. The number of carbonyl (C=O) groups is 1. The number of nitrogens with zero attached hydrogens (tertiary/aromatic N) is 2. The molecule has 0 radical (unpaired) electrons. The number of hydrogen-bond acceptors (Lipinski definition) is 5. The van der Waals surface area contributed by atoms with Crippen molar-refractivity contribution >= 4 is 28.3 Å². The van der Waals surface area contributed by atoms with Gasteiger partial charge in [-0.3, -0.25) is 24.6 Å². The Morgan fingerprint density at radius 2 is 1.78 bits per heavy atom. The number of hydrogen-bond donors (Lipinski definition) is 0. The predicted molar refractivity (Wildman–Crippen MR) is 115 cm³/mol. The van der Waals surface area contributed by atoms with Crippen LogP contribution in [0.25, 0.3) is 11.0 Å². The molecule has 1 aliphatic heterocycles. The molecule has 0 fully saturated rings. The Balaban J connectivity index is 1.82. The van der Waals surface area contributed by atoms with E-state index in [1.165, 1.54) is 47.4 Å². The fourth-order valence-corrected chi connectivity index (χ4v) is 4.08. The van der Waals surface area contributed by atoms with Gasteiger partial charge in [0.05, 0.1) is 21.9 Å². The molecule has 4 aromatic rings. The first kappa shape index (κ1) is 19.6. The van der Waals surface area contributed by atoms with Gasteiger partial charge >= 0.3 is 0 Å². The van der Waals surface area contributed by atoms with Gasteiger partial charge < -0.3 is 4.42 Å². The van der Waals surface area contributed by atoms with Gasteiger partial charge in [0.2, 0.25) is 5.76 Å². The summed E-state index contributed by atoms with van der Waals surface area (Å²) in [6.45, 7) is 1.83. The number of carbonyl (C=O) groups excluding carboxylic acids is 1. The number of amides is 1. The standard InChI is InChI=1S/C24H15FN2O5/c1-13-5-10-19-18(11-13)22(28)20-21(14-3-2-4-17(12-14)27(30)31)26(24(29)23(20)32-19)16-8-6-15(25)7-9-16/h2-12,21H,1H3. The Bertz CT molecular complexity index is 1480. The number of rotatable bonds is 3. The van der Waals surface area contributed by atoms with Gasteiger partial charge in [0.1, 0.15) is 11.4 Å². The molecule has 32 heavy (non-hydrogen) atoms. The van der Waals surface area contributed by atoms with E-state index in [9.17, 15) is 24.1 Å². The number of benzene rings is 3. The van der Waals surface area contributed by atoms with Crippen LogP contribution in [0.3, 0.4) is 0 Å². The number of fused-ring (bicyclic) bond motifs is 2. The number of nitro groups is 1. The van der Waals surface area contributed by atoms with Gasteiger partial charge in [0.25, 0.3) is 11.6 Å². The monoisotopic (exact) mass is 430 g/mol. The molecule has 0 spiro atoms. The van der Waals surface area contributed by atoms with Crippen molar-refractivity contribution in [2.24, 2.45) is 0 Å². The maximum Gasteiger partial charge on any atom is 0.295 e. The van der Waals surface area contributed by atoms with Crippen LogP contribution in [0.15, 0.2) is 75.9 Å². The second-order valence-electron chi connectivity index (χ2n) is 7.58. The number of aryl methyl sites for hydroxylation is 1. The summed E-state index contributed by atoms with van der Waals surface area (Å²) in [5.41, 5.74) is 1.34. The second kappa shape index (κ2) is 7.12. The highest BCUT2D eigenvalue weighted by Gasteiger charge is 2.44. The Morgan fingerprint density at radius 1 is 1.03 bits per heavy atom. The second-order valence-corrected chi connectivity index (χ2v) is 7.58. The van der Waals surface area contributed by atoms with Gasteiger partial charge in [-0.15, -0.1) is 0 Å². The fourth-order valence-electron chi connectivity index (χ4n) is 4.08. The summed E-state index contributed by atoms with van der Waals surface area (Å²) in [4.78, 5) is 39.0. The molecule has 158 valence electrons. The summed E-state index contributed by atoms with van der Waals surface area (Å²) in [6.07, 6.45) is 0. The quantitative estimate of drug-likeness (QED) is 0.340. The lowest BCUT2D eigenvalue weighted by Crippen LogP contribution is -2.29. The Morgan fingerprint density at radius 3 is 2.50 bits per heavy atom. The first-order chi connectivity index (χ1) is 15.3. The average Bonchev–Trinajstić information content (AvgIpc) is 3.07. The van der Waals surface area contributed by atoms with Gasteiger partial charge in [-0.05, 0) is 48.9 Å². The molecule has 1 aromatic heterocycles. The highest BCUT2D eigenvalue weighted by molar-refractivity contribution is 6.10. The molecule has 0 bridgehead atoms. The van der Waals surface area contributed by atoms with E-state index < -0.39 is 22.7 Å². The van der Waals surface area contributed by atoms with Gasteiger partial charge in [-0.2, -0.15) is 0 Å². The maximum absolute atomic E-state index is 13.5. The van der Waals surface area contributed by atoms with Gasteiger partial charge in [-0.1, -0.05) is 23.8 Å². The topological polar surface area (TPSA) is 93.7 Å². The number of non-ortho nitro benzene ring substituents is 1. The van der Waals surface area contributed by atoms with Crippen LogP contribution in [0, 0.1) is 22.9 Å². The Kier molecular flexibility index (Phi) is 4.37. The normalized spacial score (nSPS) is 15.2. The fraction of sp³-hybridized carbons (Fsp3) is 0.0833. The molecule has 0 N–H and O–H groups in total. The zero-order valence-corrected chi connectivity index (χ0v) is 16.7. The SMILES string of the molecule is Cc1ccc2oc3c(c(=O)c2c1)C(c1cccc([N+](=O)[O-])c1)N(c1ccc(F)cc1)C3=O. The summed E-state index contributed by atoms with van der Waals surface area (Å²) in [7, 11) is 0. The van der Waals surface area contributed by atoms with E-state index in [0.717, 1.165) is 5.56 Å². The molecule has 0 saturated carbocycles. The van der Waals surface area contributed by atoms with Gasteiger partial charge in [0, 0.05) is 17.8 Å². The molecule has 8 heteroatoms. The molecule has 1 amide bonds. The molecule has 1 atom stereocenters. The third-order valence-electron chi connectivity index (χ3n) is 5.53. The zero-order valence-electron chi connectivity index (χ0n) is 16.7. The number of nitro benzene ring substituents is 1. The van der Waals surface area contributed by atoms with Crippen LogP contribution in [-0.4, -0.2) is 10.8 Å². The van der Waals surface area contributed by atoms with Crippen LogP contribution < -0.4 is 10.3 Å². The van der Waals surface area contributed by atoms with E-state index in [-0.39, 0.29) is 28.0 Å². The largest absolute Gasteiger partial charge is 0.450 e. The molecular formula is C24H15FN2O5. The lowest BCUT2D eigenvalue weighted by atomic mass is 9.97. The smallest absolute Gasteiger partial charge is 0.295 e. The summed E-state index contributed by atoms with van der Waals surface area (Å²) >= 11 is 0. The summed E-state index contributed by atoms with van der Waals surface area (Å²) in [6, 6.07) is 15.1. The summed E-state index contributed by atoms with van der Waals surface area (Å²) in [5.74, 6) is -1.20. The first-order valence-electron chi connectivity index (χ1n) is 9.76. The number of halogens is 1. The van der Waals surface area contributed by atoms with Crippen molar-refractivity contribution in [3.8, 4) is 0 Å². The van der Waals surface area contributed by atoms with E-state index in [1.807, 2.05) is 6.92 Å². The van der Waals surface area contributed by atoms with Crippen molar-refractivity contribution in [2.45, 2.75) is 13.0 Å². The third kappa shape index (κ3) is 2.96.